The van der Waals surface area contributed by atoms with Crippen molar-refractivity contribution in [2.75, 3.05) is 20.2 Å². The minimum atomic E-state index is -0.292. The number of halogens is 1. The highest BCUT2D eigenvalue weighted by atomic mass is 35.5. The molecule has 0 amide bonds. The molecule has 2 heterocycles. The molecule has 2 saturated heterocycles. The summed E-state index contributed by atoms with van der Waals surface area (Å²) in [5.74, 6) is 0.670. The van der Waals surface area contributed by atoms with Crippen LogP contribution in [0, 0.1) is 5.92 Å². The zero-order valence-corrected chi connectivity index (χ0v) is 14.2. The molecular formula is C18H27ClNO2+. The summed E-state index contributed by atoms with van der Waals surface area (Å²) < 4.78 is 0.924. The first-order chi connectivity index (χ1) is 10.5. The summed E-state index contributed by atoms with van der Waals surface area (Å²) in [7, 11) is 2.27. The van der Waals surface area contributed by atoms with Gasteiger partial charge in [-0.3, -0.25) is 0 Å². The van der Waals surface area contributed by atoms with Gasteiger partial charge in [0.2, 0.25) is 0 Å². The Hall–Kier alpha value is -0.610. The van der Waals surface area contributed by atoms with Crippen molar-refractivity contribution in [3.05, 3.63) is 34.9 Å². The molecule has 1 aromatic rings. The highest BCUT2D eigenvalue weighted by molar-refractivity contribution is 6.30. The topological polar surface area (TPSA) is 40.5 Å². The zero-order valence-electron chi connectivity index (χ0n) is 13.5. The summed E-state index contributed by atoms with van der Waals surface area (Å²) in [4.78, 5) is 0. The van der Waals surface area contributed by atoms with Crippen LogP contribution in [-0.4, -0.2) is 53.1 Å². The van der Waals surface area contributed by atoms with E-state index in [0.29, 0.717) is 18.0 Å². The predicted molar refractivity (Wildman–Crippen MR) is 88.9 cm³/mol. The molecule has 0 spiro atoms. The number of likely N-dealkylation sites (N-methyl/N-ethyl adjacent to an activating group) is 1. The molecule has 2 N–H and O–H groups in total. The van der Waals surface area contributed by atoms with E-state index in [4.69, 9.17) is 11.6 Å². The Balaban J connectivity index is 1.90. The highest BCUT2D eigenvalue weighted by Gasteiger charge is 2.56. The summed E-state index contributed by atoms with van der Waals surface area (Å²) in [6.07, 6.45) is 3.16. The number of aliphatic hydroxyl groups is 2. The van der Waals surface area contributed by atoms with E-state index >= 15 is 0 Å². The van der Waals surface area contributed by atoms with Crippen molar-refractivity contribution >= 4 is 11.6 Å². The molecule has 3 nitrogen and oxygen atoms in total. The lowest BCUT2D eigenvalue weighted by atomic mass is 9.75. The Morgan fingerprint density at radius 3 is 2.55 bits per heavy atom. The van der Waals surface area contributed by atoms with Crippen molar-refractivity contribution < 1.29 is 14.7 Å². The van der Waals surface area contributed by atoms with Gasteiger partial charge in [-0.25, -0.2) is 0 Å². The molecule has 0 saturated carbocycles. The normalized spacial score (nSPS) is 39.0. The van der Waals surface area contributed by atoms with E-state index < -0.39 is 0 Å². The van der Waals surface area contributed by atoms with E-state index in [2.05, 4.69) is 19.2 Å². The molecule has 2 aliphatic heterocycles. The van der Waals surface area contributed by atoms with Crippen LogP contribution in [0.3, 0.4) is 0 Å². The molecule has 1 aromatic carbocycles. The average Bonchev–Trinajstić information content (AvgIpc) is 2.67. The van der Waals surface area contributed by atoms with Crippen molar-refractivity contribution in [2.24, 2.45) is 5.92 Å². The minimum Gasteiger partial charge on any atom is -0.396 e. The first-order valence-corrected chi connectivity index (χ1v) is 8.72. The molecule has 122 valence electrons. The Kier molecular flexibility index (Phi) is 4.52. The maximum atomic E-state index is 10.1. The molecule has 6 atom stereocenters. The fraction of sp³-hybridized carbons (Fsp3) is 0.667. The first-order valence-electron chi connectivity index (χ1n) is 8.35. The van der Waals surface area contributed by atoms with Crippen molar-refractivity contribution in [1.82, 2.24) is 0 Å². The van der Waals surface area contributed by atoms with Gasteiger partial charge in [0, 0.05) is 36.1 Å². The van der Waals surface area contributed by atoms with Gasteiger partial charge in [-0.2, -0.15) is 0 Å². The van der Waals surface area contributed by atoms with Gasteiger partial charge in [-0.05, 0) is 24.6 Å². The molecule has 0 radical (unpaired) electrons. The monoisotopic (exact) mass is 324 g/mol. The largest absolute Gasteiger partial charge is 0.396 e. The average molecular weight is 325 g/mol. The SMILES string of the molecule is CC(O)C[N+]1(C)C2CCC1[C@@H](CO)[C@@H](c1ccc(Cl)cc1)C2. The van der Waals surface area contributed by atoms with E-state index in [1.54, 1.807) is 0 Å². The van der Waals surface area contributed by atoms with Crippen LogP contribution in [-0.2, 0) is 0 Å². The lowest BCUT2D eigenvalue weighted by Crippen LogP contribution is -2.63. The summed E-state index contributed by atoms with van der Waals surface area (Å²) in [5, 5.41) is 20.7. The van der Waals surface area contributed by atoms with Crippen molar-refractivity contribution in [1.29, 1.82) is 0 Å². The molecule has 4 heteroatoms. The van der Waals surface area contributed by atoms with Crippen molar-refractivity contribution in [2.45, 2.75) is 50.3 Å². The van der Waals surface area contributed by atoms with Crippen LogP contribution in [0.2, 0.25) is 5.02 Å². The Bertz CT molecular complexity index is 518. The van der Waals surface area contributed by atoms with Crippen molar-refractivity contribution in [3.63, 3.8) is 0 Å². The van der Waals surface area contributed by atoms with Gasteiger partial charge in [0.1, 0.15) is 12.6 Å². The molecule has 0 aliphatic carbocycles. The first kappa shape index (κ1) is 16.3. The lowest BCUT2D eigenvalue weighted by molar-refractivity contribution is -0.955. The summed E-state index contributed by atoms with van der Waals surface area (Å²) in [5.41, 5.74) is 1.30. The van der Waals surface area contributed by atoms with Gasteiger partial charge in [0.25, 0.3) is 0 Å². The van der Waals surface area contributed by atoms with E-state index in [1.165, 1.54) is 12.0 Å². The van der Waals surface area contributed by atoms with Gasteiger partial charge in [0.15, 0.2) is 0 Å². The van der Waals surface area contributed by atoms with Crippen LogP contribution >= 0.6 is 11.6 Å². The second-order valence-corrected chi connectivity index (χ2v) is 7.85. The quantitative estimate of drug-likeness (QED) is 0.836. The third-order valence-corrected chi connectivity index (χ3v) is 6.34. The van der Waals surface area contributed by atoms with Crippen LogP contribution in [0.5, 0.6) is 0 Å². The van der Waals surface area contributed by atoms with Gasteiger partial charge in [0.05, 0.1) is 25.7 Å². The number of aliphatic hydroxyl groups excluding tert-OH is 2. The number of nitrogens with zero attached hydrogens (tertiary/aromatic N) is 1. The van der Waals surface area contributed by atoms with Crippen LogP contribution in [0.4, 0.5) is 0 Å². The molecule has 2 fully saturated rings. The second-order valence-electron chi connectivity index (χ2n) is 7.42. The maximum absolute atomic E-state index is 10.1. The number of fused-ring (bicyclic) bond motifs is 2. The Morgan fingerprint density at radius 2 is 1.95 bits per heavy atom. The molecule has 0 aromatic heterocycles. The number of hydrogen-bond acceptors (Lipinski definition) is 2. The third kappa shape index (κ3) is 2.69. The third-order valence-electron chi connectivity index (χ3n) is 6.09. The Morgan fingerprint density at radius 1 is 1.27 bits per heavy atom. The van der Waals surface area contributed by atoms with Gasteiger partial charge in [-0.1, -0.05) is 23.7 Å². The number of rotatable bonds is 4. The summed E-state index contributed by atoms with van der Waals surface area (Å²) >= 11 is 6.01. The standard InChI is InChI=1S/C18H27ClNO2/c1-12(22)10-20(2)15-7-8-18(20)17(11-21)16(9-15)13-3-5-14(19)6-4-13/h3-6,12,15-18,21-22H,7-11H2,1-2H3/q+1/t12?,15?,16-,17+,18?,20?/m1/s1. The molecule has 4 unspecified atom stereocenters. The van der Waals surface area contributed by atoms with Crippen molar-refractivity contribution in [3.8, 4) is 0 Å². The number of piperidine rings is 1. The lowest BCUT2D eigenvalue weighted by Gasteiger charge is -2.51. The molecular weight excluding hydrogens is 298 g/mol. The van der Waals surface area contributed by atoms with Crippen LogP contribution in [0.15, 0.2) is 24.3 Å². The minimum absolute atomic E-state index is 0.221. The molecule has 2 bridgehead atoms. The highest BCUT2D eigenvalue weighted by Crippen LogP contribution is 2.50. The van der Waals surface area contributed by atoms with Crippen LogP contribution in [0.1, 0.15) is 37.7 Å². The number of quaternary nitrogens is 1. The summed E-state index contributed by atoms with van der Waals surface area (Å²) in [6.45, 7) is 2.89. The molecule has 3 rings (SSSR count). The van der Waals surface area contributed by atoms with E-state index in [9.17, 15) is 10.2 Å². The Labute approximate surface area is 138 Å². The van der Waals surface area contributed by atoms with Gasteiger partial charge in [-0.15, -0.1) is 0 Å². The zero-order chi connectivity index (χ0) is 15.9. The molecule has 22 heavy (non-hydrogen) atoms. The van der Waals surface area contributed by atoms with Gasteiger partial charge < -0.3 is 14.7 Å². The fourth-order valence-corrected chi connectivity index (χ4v) is 5.29. The smallest absolute Gasteiger partial charge is 0.105 e. The fourth-order valence-electron chi connectivity index (χ4n) is 5.17. The maximum Gasteiger partial charge on any atom is 0.105 e. The van der Waals surface area contributed by atoms with Crippen LogP contribution in [0.25, 0.3) is 0 Å². The summed E-state index contributed by atoms with van der Waals surface area (Å²) in [6, 6.07) is 9.15. The number of hydrogen-bond donors (Lipinski definition) is 2. The van der Waals surface area contributed by atoms with E-state index in [1.807, 2.05) is 19.1 Å². The van der Waals surface area contributed by atoms with E-state index in [-0.39, 0.29) is 18.6 Å². The second kappa shape index (κ2) is 6.12. The van der Waals surface area contributed by atoms with E-state index in [0.717, 1.165) is 28.9 Å². The van der Waals surface area contributed by atoms with Gasteiger partial charge >= 0.3 is 0 Å². The number of benzene rings is 1. The predicted octanol–water partition coefficient (Wildman–Crippen LogP) is 2.79. The molecule has 2 aliphatic rings. The van der Waals surface area contributed by atoms with Crippen LogP contribution < -0.4 is 0 Å².